The third kappa shape index (κ3) is 4.01. The number of thiocarbonyl (C=S) groups is 1. The van der Waals surface area contributed by atoms with E-state index in [0.29, 0.717) is 18.0 Å². The van der Waals surface area contributed by atoms with E-state index in [1.165, 1.54) is 0 Å². The zero-order valence-corrected chi connectivity index (χ0v) is 11.7. The van der Waals surface area contributed by atoms with E-state index in [1.54, 1.807) is 0 Å². The Hall–Kier alpha value is -1.46. The van der Waals surface area contributed by atoms with E-state index in [1.807, 2.05) is 18.2 Å². The van der Waals surface area contributed by atoms with Crippen LogP contribution in [0.25, 0.3) is 0 Å². The van der Waals surface area contributed by atoms with Crippen molar-refractivity contribution in [1.82, 2.24) is 10.2 Å². The van der Waals surface area contributed by atoms with Crippen LogP contribution in [0.2, 0.25) is 0 Å². The van der Waals surface area contributed by atoms with Crippen molar-refractivity contribution in [2.45, 2.75) is 18.9 Å². The quantitative estimate of drug-likeness (QED) is 0.813. The molecule has 1 aromatic carbocycles. The molecular formula is C14H19N3OS. The lowest BCUT2D eigenvalue weighted by atomic mass is 10.0. The number of nitrogens with two attached hydrogens (primary N) is 1. The van der Waals surface area contributed by atoms with Gasteiger partial charge < -0.3 is 11.1 Å². The zero-order valence-electron chi connectivity index (χ0n) is 10.8. The van der Waals surface area contributed by atoms with Gasteiger partial charge in [0.05, 0.1) is 11.5 Å². The van der Waals surface area contributed by atoms with E-state index in [-0.39, 0.29) is 11.9 Å². The van der Waals surface area contributed by atoms with Gasteiger partial charge in [-0.1, -0.05) is 42.5 Å². The molecule has 1 aliphatic heterocycles. The first-order chi connectivity index (χ1) is 9.16. The van der Waals surface area contributed by atoms with Crippen LogP contribution in [0, 0.1) is 0 Å². The normalized spacial score (nSPS) is 18.4. The minimum absolute atomic E-state index is 0.0707. The van der Waals surface area contributed by atoms with Gasteiger partial charge in [0.2, 0.25) is 5.91 Å². The fourth-order valence-corrected chi connectivity index (χ4v) is 2.58. The third-order valence-corrected chi connectivity index (χ3v) is 3.48. The fourth-order valence-electron chi connectivity index (χ4n) is 2.42. The summed E-state index contributed by atoms with van der Waals surface area (Å²) in [6, 6.07) is 10.2. The summed E-state index contributed by atoms with van der Waals surface area (Å²) >= 11 is 5.05. The number of rotatable bonds is 4. The largest absolute Gasteiger partial charge is 0.393 e. The Morgan fingerprint density at radius 1 is 1.42 bits per heavy atom. The highest BCUT2D eigenvalue weighted by Gasteiger charge is 2.24. The molecule has 0 radical (unpaired) electrons. The highest BCUT2D eigenvalue weighted by molar-refractivity contribution is 7.80. The minimum Gasteiger partial charge on any atom is -0.393 e. The number of hydrogen-bond donors (Lipinski definition) is 2. The second kappa shape index (κ2) is 6.63. The van der Waals surface area contributed by atoms with Gasteiger partial charge in [-0.3, -0.25) is 9.69 Å². The minimum atomic E-state index is 0.0707. The van der Waals surface area contributed by atoms with Crippen LogP contribution >= 0.6 is 12.2 Å². The maximum atomic E-state index is 11.7. The summed E-state index contributed by atoms with van der Waals surface area (Å²) in [7, 11) is 0. The third-order valence-electron chi connectivity index (χ3n) is 3.31. The van der Waals surface area contributed by atoms with Gasteiger partial charge in [0.15, 0.2) is 0 Å². The Balaban J connectivity index is 2.21. The van der Waals surface area contributed by atoms with Crippen molar-refractivity contribution in [3.8, 4) is 0 Å². The molecule has 1 aromatic rings. The lowest BCUT2D eigenvalue weighted by Crippen LogP contribution is -2.37. The SMILES string of the molecule is NC(=S)CC(c1ccccc1)N1CCCNC(=O)C1. The molecule has 0 bridgehead atoms. The molecule has 3 N–H and O–H groups in total. The number of hydrogen-bond acceptors (Lipinski definition) is 3. The van der Waals surface area contributed by atoms with Gasteiger partial charge in [-0.15, -0.1) is 0 Å². The maximum absolute atomic E-state index is 11.7. The number of carbonyl (C=O) groups is 1. The lowest BCUT2D eigenvalue weighted by molar-refractivity contribution is -0.121. The number of amides is 1. The average molecular weight is 277 g/mol. The van der Waals surface area contributed by atoms with E-state index in [4.69, 9.17) is 18.0 Å². The Labute approximate surface area is 119 Å². The Morgan fingerprint density at radius 2 is 2.16 bits per heavy atom. The predicted octanol–water partition coefficient (Wildman–Crippen LogP) is 1.23. The summed E-state index contributed by atoms with van der Waals surface area (Å²) in [4.78, 5) is 14.3. The highest BCUT2D eigenvalue weighted by atomic mass is 32.1. The highest BCUT2D eigenvalue weighted by Crippen LogP contribution is 2.24. The number of nitrogens with one attached hydrogen (secondary N) is 1. The van der Waals surface area contributed by atoms with Crippen molar-refractivity contribution >= 4 is 23.1 Å². The Morgan fingerprint density at radius 3 is 2.84 bits per heavy atom. The van der Waals surface area contributed by atoms with Crippen LogP contribution in [-0.2, 0) is 4.79 Å². The molecule has 1 atom stereocenters. The first kappa shape index (κ1) is 14.0. The van der Waals surface area contributed by atoms with E-state index >= 15 is 0 Å². The molecule has 1 fully saturated rings. The first-order valence-electron chi connectivity index (χ1n) is 6.51. The Bertz CT molecular complexity index is 449. The van der Waals surface area contributed by atoms with Gasteiger partial charge in [-0.2, -0.15) is 0 Å². The van der Waals surface area contributed by atoms with Gasteiger partial charge in [-0.25, -0.2) is 0 Å². The summed E-state index contributed by atoms with van der Waals surface area (Å²) in [6.07, 6.45) is 1.55. The van der Waals surface area contributed by atoms with Gasteiger partial charge >= 0.3 is 0 Å². The molecule has 0 saturated carbocycles. The van der Waals surface area contributed by atoms with Gasteiger partial charge in [-0.05, 0) is 12.0 Å². The summed E-state index contributed by atoms with van der Waals surface area (Å²) in [6.45, 7) is 2.02. The van der Waals surface area contributed by atoms with Crippen molar-refractivity contribution in [1.29, 1.82) is 0 Å². The van der Waals surface area contributed by atoms with E-state index in [2.05, 4.69) is 22.3 Å². The van der Waals surface area contributed by atoms with Crippen molar-refractivity contribution in [3.05, 3.63) is 35.9 Å². The molecule has 1 amide bonds. The molecule has 1 heterocycles. The van der Waals surface area contributed by atoms with Crippen LogP contribution < -0.4 is 11.1 Å². The predicted molar refractivity (Wildman–Crippen MR) is 79.8 cm³/mol. The zero-order chi connectivity index (χ0) is 13.7. The van der Waals surface area contributed by atoms with Crippen LogP contribution in [0.15, 0.2) is 30.3 Å². The molecule has 1 aliphatic rings. The van der Waals surface area contributed by atoms with E-state index in [9.17, 15) is 4.79 Å². The van der Waals surface area contributed by atoms with Crippen LogP contribution in [0.4, 0.5) is 0 Å². The molecule has 4 nitrogen and oxygen atoms in total. The summed E-state index contributed by atoms with van der Waals surface area (Å²) in [5.74, 6) is 0.0707. The van der Waals surface area contributed by atoms with Crippen molar-refractivity contribution in [2.75, 3.05) is 19.6 Å². The van der Waals surface area contributed by atoms with E-state index in [0.717, 1.165) is 25.1 Å². The smallest absolute Gasteiger partial charge is 0.234 e. The van der Waals surface area contributed by atoms with Crippen LogP contribution in [0.3, 0.4) is 0 Å². The van der Waals surface area contributed by atoms with Crippen molar-refractivity contribution < 1.29 is 4.79 Å². The van der Waals surface area contributed by atoms with Crippen molar-refractivity contribution in [2.24, 2.45) is 5.73 Å². The second-order valence-corrected chi connectivity index (χ2v) is 5.30. The average Bonchev–Trinajstić information content (AvgIpc) is 2.61. The maximum Gasteiger partial charge on any atom is 0.234 e. The molecule has 19 heavy (non-hydrogen) atoms. The molecule has 1 saturated heterocycles. The van der Waals surface area contributed by atoms with Crippen LogP contribution in [-0.4, -0.2) is 35.4 Å². The van der Waals surface area contributed by atoms with Crippen molar-refractivity contribution in [3.63, 3.8) is 0 Å². The molecule has 1 unspecified atom stereocenters. The van der Waals surface area contributed by atoms with Crippen LogP contribution in [0.1, 0.15) is 24.4 Å². The monoisotopic (exact) mass is 277 g/mol. The molecule has 0 spiro atoms. The number of carbonyl (C=O) groups excluding carboxylic acids is 1. The first-order valence-corrected chi connectivity index (χ1v) is 6.91. The second-order valence-electron chi connectivity index (χ2n) is 4.77. The summed E-state index contributed by atoms with van der Waals surface area (Å²) in [5, 5.41) is 2.89. The van der Waals surface area contributed by atoms with Crippen LogP contribution in [0.5, 0.6) is 0 Å². The summed E-state index contributed by atoms with van der Waals surface area (Å²) in [5.41, 5.74) is 6.87. The van der Waals surface area contributed by atoms with Gasteiger partial charge in [0.1, 0.15) is 0 Å². The molecule has 0 aliphatic carbocycles. The molecule has 102 valence electrons. The summed E-state index contributed by atoms with van der Waals surface area (Å²) < 4.78 is 0. The van der Waals surface area contributed by atoms with Gasteiger partial charge in [0.25, 0.3) is 0 Å². The number of benzene rings is 1. The van der Waals surface area contributed by atoms with Gasteiger partial charge in [0, 0.05) is 25.6 Å². The molecular weight excluding hydrogens is 258 g/mol. The topological polar surface area (TPSA) is 58.4 Å². The van der Waals surface area contributed by atoms with E-state index < -0.39 is 0 Å². The Kier molecular flexibility index (Phi) is 4.87. The standard InChI is InChI=1S/C14H19N3OS/c15-13(19)9-12(11-5-2-1-3-6-11)17-8-4-7-16-14(18)10-17/h1-3,5-6,12H,4,7-10H2,(H2,15,19)(H,16,18). The number of nitrogens with zero attached hydrogens (tertiary/aromatic N) is 1. The molecule has 5 heteroatoms. The fraction of sp³-hybridized carbons (Fsp3) is 0.429. The molecule has 0 aromatic heterocycles. The lowest BCUT2D eigenvalue weighted by Gasteiger charge is -2.29. The molecule has 2 rings (SSSR count).